The Morgan fingerprint density at radius 1 is 0.871 bits per heavy atom. The highest BCUT2D eigenvalue weighted by Crippen LogP contribution is 2.10. The largest absolute Gasteiger partial charge is 0.348 e. The van der Waals surface area contributed by atoms with E-state index >= 15 is 0 Å². The van der Waals surface area contributed by atoms with Crippen LogP contribution < -0.4 is 16.0 Å². The number of rotatable bonds is 8. The van der Waals surface area contributed by atoms with Crippen LogP contribution in [0.5, 0.6) is 0 Å². The number of amides is 3. The second kappa shape index (κ2) is 10.9. The molecule has 1 heterocycles. The van der Waals surface area contributed by atoms with E-state index in [-0.39, 0.29) is 17.8 Å². The van der Waals surface area contributed by atoms with Gasteiger partial charge in [0.2, 0.25) is 0 Å². The summed E-state index contributed by atoms with van der Waals surface area (Å²) in [4.78, 5) is 28.6. The molecule has 0 fully saturated rings. The number of carbonyl (C=O) groups excluding carboxylic acids is 2. The Balaban J connectivity index is 1.44. The monoisotopic (exact) mass is 420 g/mol. The SMILES string of the molecule is CCCc1ccc(C(=O)NCc2ccc(NC(=O)NCc3ccc(F)cc3)cc2)cn1. The minimum atomic E-state index is -0.357. The Morgan fingerprint density at radius 2 is 1.52 bits per heavy atom. The highest BCUT2D eigenvalue weighted by molar-refractivity contribution is 5.93. The zero-order valence-corrected chi connectivity index (χ0v) is 17.3. The van der Waals surface area contributed by atoms with Crippen molar-refractivity contribution in [1.29, 1.82) is 0 Å². The standard InChI is InChI=1S/C24H25FN4O2/c1-2-3-21-13-8-19(16-26-21)23(30)27-14-18-6-11-22(12-7-18)29-24(31)28-15-17-4-9-20(25)10-5-17/h4-13,16H,2-3,14-15H2,1H3,(H,27,30)(H2,28,29,31). The summed E-state index contributed by atoms with van der Waals surface area (Å²) >= 11 is 0. The zero-order chi connectivity index (χ0) is 22.1. The molecule has 0 unspecified atom stereocenters. The Bertz CT molecular complexity index is 1000. The van der Waals surface area contributed by atoms with Crippen LogP contribution in [0.2, 0.25) is 0 Å². The fraction of sp³-hybridized carbons (Fsp3) is 0.208. The van der Waals surface area contributed by atoms with E-state index in [1.54, 1.807) is 36.5 Å². The van der Waals surface area contributed by atoms with Gasteiger partial charge in [-0.2, -0.15) is 0 Å². The van der Waals surface area contributed by atoms with Gasteiger partial charge in [-0.25, -0.2) is 9.18 Å². The van der Waals surface area contributed by atoms with Gasteiger partial charge in [0, 0.05) is 30.7 Å². The summed E-state index contributed by atoms with van der Waals surface area (Å²) < 4.78 is 12.9. The molecule has 0 radical (unpaired) electrons. The molecular formula is C24H25FN4O2. The van der Waals surface area contributed by atoms with E-state index in [1.807, 2.05) is 18.2 Å². The molecule has 3 amide bonds. The number of aryl methyl sites for hydroxylation is 1. The second-order valence-electron chi connectivity index (χ2n) is 7.10. The highest BCUT2D eigenvalue weighted by Gasteiger charge is 2.07. The first-order valence-corrected chi connectivity index (χ1v) is 10.1. The van der Waals surface area contributed by atoms with Crippen LogP contribution in [-0.2, 0) is 19.5 Å². The van der Waals surface area contributed by atoms with Crippen molar-refractivity contribution in [2.45, 2.75) is 32.9 Å². The number of hydrogen-bond acceptors (Lipinski definition) is 3. The molecule has 2 aromatic carbocycles. The van der Waals surface area contributed by atoms with E-state index < -0.39 is 0 Å². The minimum Gasteiger partial charge on any atom is -0.348 e. The summed E-state index contributed by atoms with van der Waals surface area (Å²) in [5.74, 6) is -0.496. The number of urea groups is 1. The third-order valence-electron chi connectivity index (χ3n) is 4.62. The van der Waals surface area contributed by atoms with E-state index in [4.69, 9.17) is 0 Å². The molecule has 0 aliphatic carbocycles. The maximum absolute atomic E-state index is 12.9. The van der Waals surface area contributed by atoms with E-state index in [2.05, 4.69) is 27.9 Å². The molecule has 3 rings (SSSR count). The number of nitrogens with one attached hydrogen (secondary N) is 3. The Kier molecular flexibility index (Phi) is 7.70. The number of nitrogens with zero attached hydrogens (tertiary/aromatic N) is 1. The molecule has 0 atom stereocenters. The number of benzene rings is 2. The van der Waals surface area contributed by atoms with Crippen LogP contribution in [0.3, 0.4) is 0 Å². The Labute approximate surface area is 180 Å². The van der Waals surface area contributed by atoms with E-state index in [9.17, 15) is 14.0 Å². The first kappa shape index (κ1) is 22.0. The van der Waals surface area contributed by atoms with E-state index in [0.29, 0.717) is 24.3 Å². The highest BCUT2D eigenvalue weighted by atomic mass is 19.1. The van der Waals surface area contributed by atoms with Crippen molar-refractivity contribution in [2.24, 2.45) is 0 Å². The number of pyridine rings is 1. The van der Waals surface area contributed by atoms with Crippen LogP contribution >= 0.6 is 0 Å². The van der Waals surface area contributed by atoms with Gasteiger partial charge in [-0.15, -0.1) is 0 Å². The molecule has 0 bridgehead atoms. The lowest BCUT2D eigenvalue weighted by molar-refractivity contribution is 0.0950. The van der Waals surface area contributed by atoms with Crippen LogP contribution in [0.1, 0.15) is 40.5 Å². The van der Waals surface area contributed by atoms with Gasteiger partial charge in [0.25, 0.3) is 5.91 Å². The third kappa shape index (κ3) is 6.92. The van der Waals surface area contributed by atoms with Crippen LogP contribution in [0.15, 0.2) is 66.9 Å². The smallest absolute Gasteiger partial charge is 0.319 e. The number of anilines is 1. The second-order valence-corrected chi connectivity index (χ2v) is 7.10. The predicted molar refractivity (Wildman–Crippen MR) is 118 cm³/mol. The molecular weight excluding hydrogens is 395 g/mol. The first-order valence-electron chi connectivity index (χ1n) is 10.1. The molecule has 3 N–H and O–H groups in total. The average molecular weight is 420 g/mol. The molecule has 0 aliphatic heterocycles. The Morgan fingerprint density at radius 3 is 2.13 bits per heavy atom. The summed E-state index contributed by atoms with van der Waals surface area (Å²) in [6.07, 6.45) is 3.50. The molecule has 160 valence electrons. The van der Waals surface area contributed by atoms with Crippen LogP contribution in [-0.4, -0.2) is 16.9 Å². The van der Waals surface area contributed by atoms with Crippen LogP contribution in [0.4, 0.5) is 14.9 Å². The number of carbonyl (C=O) groups is 2. The van der Waals surface area contributed by atoms with E-state index in [0.717, 1.165) is 29.7 Å². The number of hydrogen-bond donors (Lipinski definition) is 3. The fourth-order valence-electron chi connectivity index (χ4n) is 2.91. The zero-order valence-electron chi connectivity index (χ0n) is 17.3. The lowest BCUT2D eigenvalue weighted by Crippen LogP contribution is -2.28. The van der Waals surface area contributed by atoms with Crippen molar-refractivity contribution in [3.05, 3.63) is 95.1 Å². The van der Waals surface area contributed by atoms with Gasteiger partial charge in [0.15, 0.2) is 0 Å². The van der Waals surface area contributed by atoms with Crippen LogP contribution in [0, 0.1) is 5.82 Å². The summed E-state index contributed by atoms with van der Waals surface area (Å²) in [5.41, 5.74) is 3.83. The topological polar surface area (TPSA) is 83.1 Å². The van der Waals surface area contributed by atoms with Gasteiger partial charge < -0.3 is 16.0 Å². The van der Waals surface area contributed by atoms with Gasteiger partial charge in [0.1, 0.15) is 5.82 Å². The lowest BCUT2D eigenvalue weighted by Gasteiger charge is -2.09. The molecule has 7 heteroatoms. The molecule has 0 saturated heterocycles. The van der Waals surface area contributed by atoms with Crippen molar-refractivity contribution in [3.8, 4) is 0 Å². The van der Waals surface area contributed by atoms with Crippen molar-refractivity contribution in [1.82, 2.24) is 15.6 Å². The molecule has 3 aromatic rings. The number of aromatic nitrogens is 1. The van der Waals surface area contributed by atoms with Gasteiger partial charge >= 0.3 is 6.03 Å². The molecule has 0 saturated carbocycles. The van der Waals surface area contributed by atoms with Gasteiger partial charge in [-0.3, -0.25) is 9.78 Å². The van der Waals surface area contributed by atoms with Gasteiger partial charge in [-0.1, -0.05) is 37.6 Å². The number of halogens is 1. The predicted octanol–water partition coefficient (Wildman–Crippen LogP) is 4.42. The van der Waals surface area contributed by atoms with Crippen molar-refractivity contribution >= 4 is 17.6 Å². The van der Waals surface area contributed by atoms with E-state index in [1.165, 1.54) is 12.1 Å². The van der Waals surface area contributed by atoms with Crippen LogP contribution in [0.25, 0.3) is 0 Å². The first-order chi connectivity index (χ1) is 15.0. The maximum atomic E-state index is 12.9. The summed E-state index contributed by atoms with van der Waals surface area (Å²) in [5, 5.41) is 8.32. The summed E-state index contributed by atoms with van der Waals surface area (Å²) in [6, 6.07) is 16.4. The summed E-state index contributed by atoms with van der Waals surface area (Å²) in [6.45, 7) is 2.75. The molecule has 0 aliphatic rings. The van der Waals surface area contributed by atoms with Crippen molar-refractivity contribution in [3.63, 3.8) is 0 Å². The van der Waals surface area contributed by atoms with Crippen molar-refractivity contribution in [2.75, 3.05) is 5.32 Å². The van der Waals surface area contributed by atoms with Crippen molar-refractivity contribution < 1.29 is 14.0 Å². The Hall–Kier alpha value is -3.74. The third-order valence-corrected chi connectivity index (χ3v) is 4.62. The van der Waals surface area contributed by atoms with Gasteiger partial charge in [-0.05, 0) is 53.9 Å². The normalized spacial score (nSPS) is 10.4. The average Bonchev–Trinajstić information content (AvgIpc) is 2.79. The minimum absolute atomic E-state index is 0.182. The molecule has 1 aromatic heterocycles. The molecule has 31 heavy (non-hydrogen) atoms. The fourth-order valence-corrected chi connectivity index (χ4v) is 2.91. The lowest BCUT2D eigenvalue weighted by atomic mass is 10.1. The molecule has 0 spiro atoms. The van der Waals surface area contributed by atoms with Gasteiger partial charge in [0.05, 0.1) is 5.56 Å². The molecule has 6 nitrogen and oxygen atoms in total. The maximum Gasteiger partial charge on any atom is 0.319 e. The quantitative estimate of drug-likeness (QED) is 0.504. The summed E-state index contributed by atoms with van der Waals surface area (Å²) in [7, 11) is 0.